The van der Waals surface area contributed by atoms with Crippen molar-refractivity contribution in [2.45, 2.75) is 57.7 Å². The number of carbonyl (C=O) groups is 1. The van der Waals surface area contributed by atoms with Crippen LogP contribution in [0.3, 0.4) is 0 Å². The smallest absolute Gasteiger partial charge is 0.333 e. The molecule has 0 aliphatic carbocycles. The van der Waals surface area contributed by atoms with Gasteiger partial charge in [-0.3, -0.25) is 0 Å². The monoisotopic (exact) mass is 224 g/mol. The average molecular weight is 224 g/mol. The van der Waals surface area contributed by atoms with Gasteiger partial charge in [0.15, 0.2) is 0 Å². The molecule has 3 nitrogen and oxygen atoms in total. The average Bonchev–Trinajstić information content (AvgIpc) is 2.52. The molecule has 0 aromatic heterocycles. The van der Waals surface area contributed by atoms with Crippen molar-refractivity contribution in [3.8, 4) is 0 Å². The van der Waals surface area contributed by atoms with E-state index in [1.54, 1.807) is 4.90 Å². The van der Waals surface area contributed by atoms with Crippen molar-refractivity contribution in [3.05, 3.63) is 11.6 Å². The molecule has 3 heteroatoms. The molecule has 1 N–H and O–H groups in total. The lowest BCUT2D eigenvalue weighted by atomic mass is 10.0. The first-order valence-corrected chi connectivity index (χ1v) is 6.29. The van der Waals surface area contributed by atoms with Gasteiger partial charge < -0.3 is 9.64 Å². The molecule has 2 rings (SSSR count). The van der Waals surface area contributed by atoms with E-state index in [2.05, 4.69) is 7.05 Å². The van der Waals surface area contributed by atoms with Gasteiger partial charge in [-0.25, -0.2) is 4.79 Å². The van der Waals surface area contributed by atoms with E-state index in [1.807, 2.05) is 19.9 Å². The molecule has 0 aromatic rings. The molecule has 2 unspecified atom stereocenters. The number of rotatable bonds is 2. The summed E-state index contributed by atoms with van der Waals surface area (Å²) in [6.07, 6.45) is 6.66. The van der Waals surface area contributed by atoms with Crippen LogP contribution in [0, 0.1) is 0 Å². The van der Waals surface area contributed by atoms with E-state index < -0.39 is 0 Å². The van der Waals surface area contributed by atoms with Crippen molar-refractivity contribution in [2.75, 3.05) is 7.05 Å². The van der Waals surface area contributed by atoms with E-state index in [1.165, 1.54) is 12.8 Å². The predicted octanol–water partition coefficient (Wildman–Crippen LogP) is 0.704. The minimum atomic E-state index is -0.133. The number of hydrogen-bond donors (Lipinski definition) is 1. The lowest BCUT2D eigenvalue weighted by molar-refractivity contribution is -0.923. The topological polar surface area (TPSA) is 30.7 Å². The Morgan fingerprint density at radius 3 is 2.38 bits per heavy atom. The number of allylic oxidation sites excluding steroid dienone is 1. The number of hydrogen-bond acceptors (Lipinski definition) is 2. The third-order valence-electron chi connectivity index (χ3n) is 4.28. The summed E-state index contributed by atoms with van der Waals surface area (Å²) in [6, 6.07) is 1.42. The molecule has 0 spiro atoms. The summed E-state index contributed by atoms with van der Waals surface area (Å²) in [4.78, 5) is 13.3. The minimum absolute atomic E-state index is 0.133. The van der Waals surface area contributed by atoms with Gasteiger partial charge in [-0.05, 0) is 13.8 Å². The summed E-state index contributed by atoms with van der Waals surface area (Å²) < 4.78 is 5.55. The molecule has 2 fully saturated rings. The van der Waals surface area contributed by atoms with Gasteiger partial charge in [-0.2, -0.15) is 0 Å². The van der Waals surface area contributed by atoms with Crippen molar-refractivity contribution in [1.82, 2.24) is 0 Å². The molecule has 0 saturated carbocycles. The molecule has 0 amide bonds. The van der Waals surface area contributed by atoms with Gasteiger partial charge in [0.05, 0.1) is 19.1 Å². The van der Waals surface area contributed by atoms with Crippen molar-refractivity contribution in [2.24, 2.45) is 0 Å². The van der Waals surface area contributed by atoms with E-state index in [0.717, 1.165) is 18.4 Å². The molecular weight excluding hydrogens is 202 g/mol. The predicted molar refractivity (Wildman–Crippen MR) is 62.2 cm³/mol. The Kier molecular flexibility index (Phi) is 3.33. The van der Waals surface area contributed by atoms with Crippen LogP contribution in [-0.4, -0.2) is 31.2 Å². The molecule has 4 atom stereocenters. The van der Waals surface area contributed by atoms with Crippen LogP contribution in [0.5, 0.6) is 0 Å². The summed E-state index contributed by atoms with van der Waals surface area (Å²) in [7, 11) is 2.28. The van der Waals surface area contributed by atoms with Crippen LogP contribution in [-0.2, 0) is 9.53 Å². The van der Waals surface area contributed by atoms with Gasteiger partial charge in [0.1, 0.15) is 6.10 Å². The fraction of sp³-hybridized carbons (Fsp3) is 0.769. The Hall–Kier alpha value is -0.830. The SMILES string of the molecule is C/C=C(/C)C(=O)OC1C[C@H]2CC[C@@H](C1)[NH+]2C. The number of carbonyl (C=O) groups excluding carboxylic acids is 1. The fourth-order valence-electron chi connectivity index (χ4n) is 2.99. The Labute approximate surface area is 97.5 Å². The van der Waals surface area contributed by atoms with Gasteiger partial charge >= 0.3 is 5.97 Å². The zero-order valence-corrected chi connectivity index (χ0v) is 10.5. The van der Waals surface area contributed by atoms with E-state index >= 15 is 0 Å². The molecule has 2 saturated heterocycles. The summed E-state index contributed by atoms with van der Waals surface area (Å²) in [6.45, 7) is 3.69. The largest absolute Gasteiger partial charge is 0.459 e. The number of nitrogens with one attached hydrogen (secondary N) is 1. The fourth-order valence-corrected chi connectivity index (χ4v) is 2.99. The maximum absolute atomic E-state index is 11.7. The lowest BCUT2D eigenvalue weighted by Gasteiger charge is -2.33. The summed E-state index contributed by atoms with van der Waals surface area (Å²) in [5.41, 5.74) is 0.721. The summed E-state index contributed by atoms with van der Waals surface area (Å²) >= 11 is 0. The molecule has 0 aromatic carbocycles. The molecule has 2 aliphatic heterocycles. The Morgan fingerprint density at radius 1 is 1.31 bits per heavy atom. The van der Waals surface area contributed by atoms with E-state index in [-0.39, 0.29) is 12.1 Å². The zero-order valence-electron chi connectivity index (χ0n) is 10.5. The maximum atomic E-state index is 11.7. The highest BCUT2D eigenvalue weighted by Crippen LogP contribution is 2.24. The van der Waals surface area contributed by atoms with Crippen LogP contribution < -0.4 is 4.90 Å². The highest BCUT2D eigenvalue weighted by molar-refractivity contribution is 5.87. The van der Waals surface area contributed by atoms with E-state index in [9.17, 15) is 4.79 Å². The molecule has 16 heavy (non-hydrogen) atoms. The third kappa shape index (κ3) is 2.14. The second-order valence-electron chi connectivity index (χ2n) is 5.19. The van der Waals surface area contributed by atoms with Crippen molar-refractivity contribution in [1.29, 1.82) is 0 Å². The number of ether oxygens (including phenoxy) is 1. The Balaban J connectivity index is 1.92. The second kappa shape index (κ2) is 4.58. The first-order chi connectivity index (χ1) is 7.61. The highest BCUT2D eigenvalue weighted by atomic mass is 16.5. The van der Waals surface area contributed by atoms with Crippen LogP contribution in [0.1, 0.15) is 39.5 Å². The van der Waals surface area contributed by atoms with Gasteiger partial charge in [-0.15, -0.1) is 0 Å². The molecule has 2 bridgehead atoms. The molecular formula is C13H22NO2+. The molecule has 2 heterocycles. The van der Waals surface area contributed by atoms with Crippen LogP contribution in [0.25, 0.3) is 0 Å². The summed E-state index contributed by atoms with van der Waals surface area (Å²) in [5.74, 6) is -0.133. The van der Waals surface area contributed by atoms with Gasteiger partial charge in [0, 0.05) is 31.3 Å². The minimum Gasteiger partial charge on any atom is -0.459 e. The van der Waals surface area contributed by atoms with Crippen molar-refractivity contribution in [3.63, 3.8) is 0 Å². The van der Waals surface area contributed by atoms with Crippen LogP contribution in [0.15, 0.2) is 11.6 Å². The van der Waals surface area contributed by atoms with Gasteiger partial charge in [0.2, 0.25) is 0 Å². The van der Waals surface area contributed by atoms with E-state index in [0.29, 0.717) is 12.1 Å². The number of esters is 1. The van der Waals surface area contributed by atoms with Gasteiger partial charge in [-0.1, -0.05) is 6.08 Å². The second-order valence-corrected chi connectivity index (χ2v) is 5.19. The maximum Gasteiger partial charge on any atom is 0.333 e. The molecule has 90 valence electrons. The Morgan fingerprint density at radius 2 is 1.88 bits per heavy atom. The van der Waals surface area contributed by atoms with E-state index in [4.69, 9.17) is 4.74 Å². The standard InChI is InChI=1S/C13H21NO2/c1-4-9(2)13(15)16-12-7-10-5-6-11(8-12)14(10)3/h4,10-12H,5-8H2,1-3H3/p+1/b9-4-/t10-,11+,12?. The number of fused-ring (bicyclic) bond motifs is 2. The number of quaternary nitrogens is 1. The third-order valence-corrected chi connectivity index (χ3v) is 4.28. The van der Waals surface area contributed by atoms with Gasteiger partial charge in [0.25, 0.3) is 0 Å². The first kappa shape index (κ1) is 11.6. The van der Waals surface area contributed by atoms with Crippen LogP contribution >= 0.6 is 0 Å². The number of piperidine rings is 1. The molecule has 0 radical (unpaired) electrons. The Bertz CT molecular complexity index is 297. The van der Waals surface area contributed by atoms with Crippen LogP contribution in [0.4, 0.5) is 0 Å². The lowest BCUT2D eigenvalue weighted by Crippen LogP contribution is -3.15. The van der Waals surface area contributed by atoms with Crippen molar-refractivity contribution < 1.29 is 14.4 Å². The quantitative estimate of drug-likeness (QED) is 0.553. The summed E-state index contributed by atoms with van der Waals surface area (Å²) in [5, 5.41) is 0. The zero-order chi connectivity index (χ0) is 11.7. The van der Waals surface area contributed by atoms with Crippen LogP contribution in [0.2, 0.25) is 0 Å². The molecule has 2 aliphatic rings. The highest BCUT2D eigenvalue weighted by Gasteiger charge is 2.43. The first-order valence-electron chi connectivity index (χ1n) is 6.29. The normalized spacial score (nSPS) is 38.6. The van der Waals surface area contributed by atoms with Crippen molar-refractivity contribution >= 4 is 5.97 Å².